The summed E-state index contributed by atoms with van der Waals surface area (Å²) >= 11 is 5.75. The average Bonchev–Trinajstić information content (AvgIpc) is 3.26. The Hall–Kier alpha value is -6.70. The highest BCUT2D eigenvalue weighted by Crippen LogP contribution is 2.43. The molecule has 13 heteroatoms. The molecule has 5 amide bonds. The zero-order chi connectivity index (χ0) is 42.0. The van der Waals surface area contributed by atoms with Gasteiger partial charge in [-0.2, -0.15) is 0 Å². The second-order valence-electron chi connectivity index (χ2n) is 14.1. The van der Waals surface area contributed by atoms with Gasteiger partial charge in [-0.25, -0.2) is 5.84 Å². The lowest BCUT2D eigenvalue weighted by atomic mass is 9.67. The number of rotatable bonds is 20. The van der Waals surface area contributed by atoms with E-state index < -0.39 is 59.5 Å². The van der Waals surface area contributed by atoms with Crippen LogP contribution in [0.2, 0.25) is 0 Å². The second-order valence-corrected chi connectivity index (χ2v) is 14.6. The number of hydrogen-bond donors (Lipinski definition) is 7. The third kappa shape index (κ3) is 12.4. The largest absolute Gasteiger partial charge is 0.371 e. The van der Waals surface area contributed by atoms with E-state index in [-0.39, 0.29) is 19.4 Å². The molecule has 5 aromatic carbocycles. The number of carbonyl (C=O) groups is 5. The molecule has 0 bridgehead atoms. The van der Waals surface area contributed by atoms with E-state index in [1.165, 1.54) is 0 Å². The second kappa shape index (κ2) is 21.7. The lowest BCUT2D eigenvalue weighted by Gasteiger charge is -2.36. The van der Waals surface area contributed by atoms with Gasteiger partial charge in [-0.05, 0) is 40.7 Å². The third-order valence-corrected chi connectivity index (χ3v) is 10.4. The van der Waals surface area contributed by atoms with Gasteiger partial charge in [0.2, 0.25) is 23.6 Å². The molecule has 5 aromatic rings. The summed E-state index contributed by atoms with van der Waals surface area (Å²) in [6.45, 7) is -0.292. The van der Waals surface area contributed by atoms with Crippen LogP contribution in [0.1, 0.15) is 47.1 Å². The van der Waals surface area contributed by atoms with E-state index in [1.54, 1.807) is 48.5 Å². The van der Waals surface area contributed by atoms with Crippen molar-refractivity contribution in [3.8, 4) is 0 Å². The van der Waals surface area contributed by atoms with Crippen LogP contribution in [0.5, 0.6) is 0 Å². The first-order valence-corrected chi connectivity index (χ1v) is 19.7. The maximum atomic E-state index is 13.8. The number of thiocarbonyl (C=S) groups is 1. The topological polar surface area (TPSA) is 198 Å². The lowest BCUT2D eigenvalue weighted by molar-refractivity contribution is -0.134. The summed E-state index contributed by atoms with van der Waals surface area (Å²) in [6.07, 6.45) is 0.611. The smallest absolute Gasteiger partial charge is 0.256 e. The molecular formula is C46H49N7O5S. The SMILES string of the molecule is NNC(=O)[C@H](Cc1ccccc1)NC(=O)[C@H](Cc1ccccc1)NC(=O)[C@H](CC(N)=O)NC(=O)CNC(=S)CCC(c1ccccc1)(c1ccccc1)c1ccccc1. The summed E-state index contributed by atoms with van der Waals surface area (Å²) in [7, 11) is 0. The molecule has 0 aromatic heterocycles. The average molecular weight is 812 g/mol. The van der Waals surface area contributed by atoms with Gasteiger partial charge in [-0.15, -0.1) is 0 Å². The third-order valence-electron chi connectivity index (χ3n) is 10.0. The molecule has 3 atom stereocenters. The number of amides is 5. The van der Waals surface area contributed by atoms with Gasteiger partial charge >= 0.3 is 0 Å². The van der Waals surface area contributed by atoms with E-state index in [2.05, 4.69) is 63.1 Å². The number of carbonyl (C=O) groups excluding carboxylic acids is 5. The zero-order valence-corrected chi connectivity index (χ0v) is 33.3. The number of primary amides is 1. The molecule has 12 nitrogen and oxygen atoms in total. The number of hydrogen-bond acceptors (Lipinski definition) is 7. The first-order chi connectivity index (χ1) is 28.6. The van der Waals surface area contributed by atoms with Crippen molar-refractivity contribution in [2.75, 3.05) is 6.54 Å². The van der Waals surface area contributed by atoms with Crippen molar-refractivity contribution in [3.63, 3.8) is 0 Å². The maximum absolute atomic E-state index is 13.8. The Morgan fingerprint density at radius 1 is 0.542 bits per heavy atom. The number of benzene rings is 5. The molecule has 9 N–H and O–H groups in total. The van der Waals surface area contributed by atoms with Gasteiger partial charge in [0, 0.05) is 18.3 Å². The Balaban J connectivity index is 1.27. The number of nitrogens with one attached hydrogen (secondary N) is 5. The van der Waals surface area contributed by atoms with Crippen molar-refractivity contribution < 1.29 is 24.0 Å². The predicted octanol–water partition coefficient (Wildman–Crippen LogP) is 3.52. The highest BCUT2D eigenvalue weighted by atomic mass is 32.1. The number of hydrazine groups is 1. The number of nitrogens with two attached hydrogens (primary N) is 2. The highest BCUT2D eigenvalue weighted by Gasteiger charge is 2.36. The van der Waals surface area contributed by atoms with Crippen molar-refractivity contribution in [2.45, 2.75) is 55.6 Å². The Morgan fingerprint density at radius 2 is 0.932 bits per heavy atom. The van der Waals surface area contributed by atoms with E-state index in [4.69, 9.17) is 23.8 Å². The van der Waals surface area contributed by atoms with Crippen molar-refractivity contribution in [1.82, 2.24) is 26.7 Å². The Labute approximate surface area is 349 Å². The molecule has 0 saturated carbocycles. The quantitative estimate of drug-likeness (QED) is 0.0204. The Kier molecular flexibility index (Phi) is 16.0. The minimum absolute atomic E-state index is 0.0320. The summed E-state index contributed by atoms with van der Waals surface area (Å²) in [4.78, 5) is 66.3. The van der Waals surface area contributed by atoms with E-state index in [0.717, 1.165) is 22.3 Å². The first-order valence-electron chi connectivity index (χ1n) is 19.3. The van der Waals surface area contributed by atoms with Crippen LogP contribution < -0.4 is 38.3 Å². The molecule has 0 radical (unpaired) electrons. The fraction of sp³-hybridized carbons (Fsp3) is 0.217. The van der Waals surface area contributed by atoms with Crippen LogP contribution in [0, 0.1) is 0 Å². The van der Waals surface area contributed by atoms with Gasteiger partial charge in [0.05, 0.1) is 18.0 Å². The molecule has 0 spiro atoms. The van der Waals surface area contributed by atoms with Crippen LogP contribution in [0.15, 0.2) is 152 Å². The molecule has 59 heavy (non-hydrogen) atoms. The van der Waals surface area contributed by atoms with Crippen LogP contribution in [0.25, 0.3) is 0 Å². The van der Waals surface area contributed by atoms with E-state index >= 15 is 0 Å². The van der Waals surface area contributed by atoms with Gasteiger partial charge < -0.3 is 27.0 Å². The fourth-order valence-corrected chi connectivity index (χ4v) is 7.26. The van der Waals surface area contributed by atoms with E-state index in [1.807, 2.05) is 66.7 Å². The molecule has 304 valence electrons. The van der Waals surface area contributed by atoms with Crippen molar-refractivity contribution in [1.29, 1.82) is 0 Å². The zero-order valence-electron chi connectivity index (χ0n) is 32.5. The maximum Gasteiger partial charge on any atom is 0.256 e. The van der Waals surface area contributed by atoms with Crippen molar-refractivity contribution in [2.24, 2.45) is 11.6 Å². The first kappa shape index (κ1) is 43.4. The van der Waals surface area contributed by atoms with E-state index in [0.29, 0.717) is 23.4 Å². The van der Waals surface area contributed by atoms with Crippen molar-refractivity contribution >= 4 is 46.7 Å². The lowest BCUT2D eigenvalue weighted by Crippen LogP contribution is -2.59. The predicted molar refractivity (Wildman–Crippen MR) is 231 cm³/mol. The highest BCUT2D eigenvalue weighted by molar-refractivity contribution is 7.80. The molecule has 5 rings (SSSR count). The Morgan fingerprint density at radius 3 is 1.34 bits per heavy atom. The molecule has 0 aliphatic heterocycles. The van der Waals surface area contributed by atoms with Gasteiger partial charge in [0.1, 0.15) is 18.1 Å². The van der Waals surface area contributed by atoms with Crippen LogP contribution in [0.4, 0.5) is 0 Å². The van der Waals surface area contributed by atoms with Gasteiger partial charge in [-0.3, -0.25) is 29.4 Å². The summed E-state index contributed by atoms with van der Waals surface area (Å²) in [5.74, 6) is 1.84. The van der Waals surface area contributed by atoms with Crippen LogP contribution in [-0.2, 0) is 42.2 Å². The van der Waals surface area contributed by atoms with Crippen molar-refractivity contribution in [3.05, 3.63) is 179 Å². The molecule has 0 aliphatic carbocycles. The normalized spacial score (nSPS) is 12.5. The minimum atomic E-state index is -1.42. The van der Waals surface area contributed by atoms with E-state index in [9.17, 15) is 24.0 Å². The summed E-state index contributed by atoms with van der Waals surface area (Å²) in [6, 6.07) is 44.8. The summed E-state index contributed by atoms with van der Waals surface area (Å²) in [5.41, 5.74) is 11.8. The monoisotopic (exact) mass is 811 g/mol. The fourth-order valence-electron chi connectivity index (χ4n) is 7.09. The summed E-state index contributed by atoms with van der Waals surface area (Å²) in [5, 5.41) is 11.0. The van der Waals surface area contributed by atoms with Crippen LogP contribution >= 0.6 is 12.2 Å². The standard InChI is InChI=1S/C46H49N7O5S/c47-40(54)30-39(44(57)51-37(28-32-16-6-1-7-17-32)43(56)52-38(45(58)53-48)29-33-18-8-2-9-19-33)50-41(55)31-49-42(59)26-27-46(34-20-10-3-11-21-34,35-22-12-4-13-23-35)36-24-14-5-15-25-36/h1-25,37-39H,26-31,48H2,(H2,47,54)(H,49,59)(H,50,55)(H,51,57)(H,52,56)(H,53,58)/t37-,38-,39-/m0/s1. The van der Waals surface area contributed by atoms with Crippen LogP contribution in [0.3, 0.4) is 0 Å². The molecule has 0 aliphatic rings. The van der Waals surface area contributed by atoms with Gasteiger partial charge in [0.15, 0.2) is 0 Å². The Bertz CT molecular complexity index is 2060. The van der Waals surface area contributed by atoms with Crippen LogP contribution in [-0.4, -0.2) is 59.2 Å². The van der Waals surface area contributed by atoms with Gasteiger partial charge in [0.25, 0.3) is 5.91 Å². The van der Waals surface area contributed by atoms with Gasteiger partial charge in [-0.1, -0.05) is 164 Å². The summed E-state index contributed by atoms with van der Waals surface area (Å²) < 4.78 is 0. The molecule has 0 heterocycles. The minimum Gasteiger partial charge on any atom is -0.371 e. The molecule has 0 unspecified atom stereocenters. The molecule has 0 saturated heterocycles. The molecule has 0 fully saturated rings. The molecular weight excluding hydrogens is 763 g/mol.